The normalized spacial score (nSPS) is 30.6. The molecule has 86 valence electrons. The van der Waals surface area contributed by atoms with Crippen molar-refractivity contribution in [3.05, 3.63) is 0 Å². The summed E-state index contributed by atoms with van der Waals surface area (Å²) in [6, 6.07) is 0.383. The second kappa shape index (κ2) is 3.75. The van der Waals surface area contributed by atoms with Crippen molar-refractivity contribution in [2.45, 2.75) is 12.5 Å². The van der Waals surface area contributed by atoms with Crippen LogP contribution in [0.25, 0.3) is 0 Å². The molecule has 0 aromatic carbocycles. The first-order chi connectivity index (χ1) is 6.96. The van der Waals surface area contributed by atoms with Gasteiger partial charge >= 0.3 is 0 Å². The predicted octanol–water partition coefficient (Wildman–Crippen LogP) is -1.15. The van der Waals surface area contributed by atoms with Gasteiger partial charge in [-0.25, -0.2) is 8.42 Å². The molecule has 1 N–H and O–H groups in total. The summed E-state index contributed by atoms with van der Waals surface area (Å²) >= 11 is 0. The van der Waals surface area contributed by atoms with E-state index >= 15 is 0 Å². The van der Waals surface area contributed by atoms with Crippen molar-refractivity contribution in [1.29, 1.82) is 0 Å². The molecule has 0 saturated carbocycles. The van der Waals surface area contributed by atoms with Crippen molar-refractivity contribution in [2.75, 3.05) is 31.6 Å². The maximum absolute atomic E-state index is 11.6. The zero-order chi connectivity index (χ0) is 11.1. The molecule has 2 rings (SSSR count). The first-order valence-electron chi connectivity index (χ1n) is 5.14. The number of amides is 1. The number of carbonyl (C=O) groups is 1. The summed E-state index contributed by atoms with van der Waals surface area (Å²) in [5.74, 6) is -0.0888. The van der Waals surface area contributed by atoms with Gasteiger partial charge in [-0.15, -0.1) is 0 Å². The fourth-order valence-corrected chi connectivity index (χ4v) is 3.00. The van der Waals surface area contributed by atoms with E-state index in [1.54, 1.807) is 4.90 Å². The molecule has 5 nitrogen and oxygen atoms in total. The third-order valence-electron chi connectivity index (χ3n) is 3.10. The molecule has 0 aromatic rings. The summed E-state index contributed by atoms with van der Waals surface area (Å²) in [6.45, 7) is 2.40. The summed E-state index contributed by atoms with van der Waals surface area (Å²) in [7, 11) is -3.20. The number of nitrogens with zero attached hydrogens (tertiary/aromatic N) is 1. The van der Waals surface area contributed by atoms with Crippen LogP contribution < -0.4 is 5.32 Å². The molecule has 15 heavy (non-hydrogen) atoms. The molecule has 0 unspecified atom stereocenters. The van der Waals surface area contributed by atoms with Gasteiger partial charge in [-0.2, -0.15) is 0 Å². The van der Waals surface area contributed by atoms with E-state index in [1.165, 1.54) is 0 Å². The van der Waals surface area contributed by atoms with E-state index in [9.17, 15) is 13.2 Å². The number of sulfone groups is 1. The van der Waals surface area contributed by atoms with Crippen LogP contribution >= 0.6 is 0 Å². The van der Waals surface area contributed by atoms with Gasteiger partial charge in [0.1, 0.15) is 5.75 Å². The van der Waals surface area contributed by atoms with Gasteiger partial charge in [-0.1, -0.05) is 0 Å². The van der Waals surface area contributed by atoms with E-state index in [4.69, 9.17) is 0 Å². The monoisotopic (exact) mass is 232 g/mol. The molecule has 2 aliphatic heterocycles. The van der Waals surface area contributed by atoms with Crippen LogP contribution in [0.3, 0.4) is 0 Å². The lowest BCUT2D eigenvalue weighted by atomic mass is 10.1. The highest BCUT2D eigenvalue weighted by molar-refractivity contribution is 7.91. The minimum Gasteiger partial charge on any atom is -0.340 e. The molecule has 2 heterocycles. The quantitative estimate of drug-likeness (QED) is 0.653. The molecule has 1 amide bonds. The molecule has 0 aliphatic carbocycles. The molecule has 2 aliphatic rings. The Morgan fingerprint density at radius 3 is 2.80 bits per heavy atom. The Hall–Kier alpha value is -0.620. The second-order valence-electron chi connectivity index (χ2n) is 4.48. The van der Waals surface area contributed by atoms with Crippen molar-refractivity contribution in [3.63, 3.8) is 0 Å². The van der Waals surface area contributed by atoms with Gasteiger partial charge < -0.3 is 10.2 Å². The molecule has 2 atom stereocenters. The Kier molecular flexibility index (Phi) is 2.72. The van der Waals surface area contributed by atoms with Crippen molar-refractivity contribution >= 4 is 15.7 Å². The highest BCUT2D eigenvalue weighted by Gasteiger charge is 2.38. The van der Waals surface area contributed by atoms with E-state index in [0.717, 1.165) is 19.2 Å². The number of hydrogen-bond acceptors (Lipinski definition) is 4. The second-order valence-corrected chi connectivity index (χ2v) is 6.62. The van der Waals surface area contributed by atoms with E-state index in [1.807, 2.05) is 0 Å². The zero-order valence-electron chi connectivity index (χ0n) is 8.77. The first kappa shape index (κ1) is 10.9. The fourth-order valence-electron chi connectivity index (χ4n) is 2.37. The van der Waals surface area contributed by atoms with Crippen LogP contribution in [-0.2, 0) is 14.6 Å². The molecular formula is C9H16N2O3S. The Morgan fingerprint density at radius 1 is 1.47 bits per heavy atom. The fraction of sp³-hybridized carbons (Fsp3) is 0.889. The molecule has 0 radical (unpaired) electrons. The SMILES string of the molecule is CS(=O)(=O)CC(=O)N1C[C@@H]2CCN[C@@H]2C1. The summed E-state index contributed by atoms with van der Waals surface area (Å²) < 4.78 is 22.0. The zero-order valence-corrected chi connectivity index (χ0v) is 9.59. The minimum absolute atomic E-state index is 0.256. The van der Waals surface area contributed by atoms with Crippen molar-refractivity contribution in [2.24, 2.45) is 5.92 Å². The van der Waals surface area contributed by atoms with E-state index < -0.39 is 9.84 Å². The van der Waals surface area contributed by atoms with Crippen molar-refractivity contribution < 1.29 is 13.2 Å². The summed E-state index contributed by atoms with van der Waals surface area (Å²) in [5.41, 5.74) is 0. The largest absolute Gasteiger partial charge is 0.340 e. The van der Waals surface area contributed by atoms with Gasteiger partial charge in [-0.3, -0.25) is 4.79 Å². The minimum atomic E-state index is -3.20. The van der Waals surface area contributed by atoms with E-state index in [2.05, 4.69) is 5.32 Å². The molecule has 0 aromatic heterocycles. The maximum atomic E-state index is 11.6. The molecule has 2 fully saturated rings. The molecule has 6 heteroatoms. The van der Waals surface area contributed by atoms with Crippen molar-refractivity contribution in [1.82, 2.24) is 10.2 Å². The van der Waals surface area contributed by atoms with Crippen molar-refractivity contribution in [3.8, 4) is 0 Å². The number of carbonyl (C=O) groups excluding carboxylic acids is 1. The number of rotatable bonds is 2. The Balaban J connectivity index is 1.94. The number of fused-ring (bicyclic) bond motifs is 1. The molecule has 0 spiro atoms. The summed E-state index contributed by atoms with van der Waals surface area (Å²) in [4.78, 5) is 13.3. The van der Waals surface area contributed by atoms with Crippen LogP contribution in [0.1, 0.15) is 6.42 Å². The average molecular weight is 232 g/mol. The van der Waals surface area contributed by atoms with Crippen LogP contribution in [0, 0.1) is 5.92 Å². The summed E-state index contributed by atoms with van der Waals surface area (Å²) in [5, 5.41) is 3.32. The Morgan fingerprint density at radius 2 is 2.20 bits per heavy atom. The van der Waals surface area contributed by atoms with Gasteiger partial charge in [0, 0.05) is 25.4 Å². The molecular weight excluding hydrogens is 216 g/mol. The van der Waals surface area contributed by atoms with Crippen LogP contribution in [-0.4, -0.2) is 56.9 Å². The topological polar surface area (TPSA) is 66.5 Å². The highest BCUT2D eigenvalue weighted by Crippen LogP contribution is 2.24. The lowest BCUT2D eigenvalue weighted by Gasteiger charge is -2.16. The predicted molar refractivity (Wildman–Crippen MR) is 56.2 cm³/mol. The average Bonchev–Trinajstić information content (AvgIpc) is 2.56. The van der Waals surface area contributed by atoms with Gasteiger partial charge in [0.2, 0.25) is 5.91 Å². The smallest absolute Gasteiger partial charge is 0.237 e. The lowest BCUT2D eigenvalue weighted by Crippen LogP contribution is -2.37. The van der Waals surface area contributed by atoms with Crippen LogP contribution in [0.15, 0.2) is 0 Å². The number of nitrogens with one attached hydrogen (secondary N) is 1. The van der Waals surface area contributed by atoms with Crippen LogP contribution in [0.2, 0.25) is 0 Å². The highest BCUT2D eigenvalue weighted by atomic mass is 32.2. The summed E-state index contributed by atoms with van der Waals surface area (Å²) in [6.07, 6.45) is 2.19. The Bertz CT molecular complexity index is 354. The third kappa shape index (κ3) is 2.49. The van der Waals surface area contributed by atoms with E-state index in [0.29, 0.717) is 25.0 Å². The standard InChI is InChI=1S/C9H16N2O3S/c1-15(13,14)6-9(12)11-4-7-2-3-10-8(7)5-11/h7-8,10H,2-6H2,1H3/t7-,8+/m0/s1. The van der Waals surface area contributed by atoms with Crippen LogP contribution in [0.4, 0.5) is 0 Å². The Labute approximate surface area is 89.7 Å². The maximum Gasteiger partial charge on any atom is 0.237 e. The molecule has 0 bridgehead atoms. The van der Waals surface area contributed by atoms with E-state index in [-0.39, 0.29) is 11.7 Å². The van der Waals surface area contributed by atoms with Gasteiger partial charge in [-0.05, 0) is 18.9 Å². The van der Waals surface area contributed by atoms with Gasteiger partial charge in [0.15, 0.2) is 9.84 Å². The van der Waals surface area contributed by atoms with Gasteiger partial charge in [0.05, 0.1) is 0 Å². The van der Waals surface area contributed by atoms with Crippen LogP contribution in [0.5, 0.6) is 0 Å². The van der Waals surface area contributed by atoms with Gasteiger partial charge in [0.25, 0.3) is 0 Å². The number of likely N-dealkylation sites (tertiary alicyclic amines) is 1. The molecule has 2 saturated heterocycles. The lowest BCUT2D eigenvalue weighted by molar-refractivity contribution is -0.127. The number of hydrogen-bond donors (Lipinski definition) is 1. The third-order valence-corrected chi connectivity index (χ3v) is 3.87. The first-order valence-corrected chi connectivity index (χ1v) is 7.20.